The van der Waals surface area contributed by atoms with Crippen LogP contribution in [0.4, 0.5) is 0 Å². The molecule has 2 rings (SSSR count). The lowest BCUT2D eigenvalue weighted by molar-refractivity contribution is -0.124. The third-order valence-corrected chi connectivity index (χ3v) is 4.86. The summed E-state index contributed by atoms with van der Waals surface area (Å²) in [4.78, 5) is 39.4. The Bertz CT molecular complexity index is 930. The third kappa shape index (κ3) is 5.25. The summed E-state index contributed by atoms with van der Waals surface area (Å²) in [6.07, 6.45) is 0. The molecule has 1 aromatic heterocycles. The lowest BCUT2D eigenvalue weighted by atomic mass is 10.0. The number of aromatic nitrogens is 1. The van der Waals surface area contributed by atoms with Gasteiger partial charge >= 0.3 is 11.9 Å². The molecular formula is C22H28N2O5. The van der Waals surface area contributed by atoms with Crippen LogP contribution < -0.4 is 5.32 Å². The van der Waals surface area contributed by atoms with E-state index in [1.54, 1.807) is 20.8 Å². The number of rotatable bonds is 7. The van der Waals surface area contributed by atoms with Crippen LogP contribution >= 0.6 is 0 Å². The molecule has 156 valence electrons. The Morgan fingerprint density at radius 1 is 1.03 bits per heavy atom. The van der Waals surface area contributed by atoms with E-state index in [1.165, 1.54) is 5.56 Å². The van der Waals surface area contributed by atoms with Crippen LogP contribution in [-0.2, 0) is 14.3 Å². The number of H-pyrrole nitrogens is 1. The average Bonchev–Trinajstić information content (AvgIpc) is 2.96. The molecule has 0 bridgehead atoms. The maximum Gasteiger partial charge on any atom is 0.355 e. The van der Waals surface area contributed by atoms with Gasteiger partial charge in [0, 0.05) is 5.69 Å². The van der Waals surface area contributed by atoms with E-state index < -0.39 is 24.5 Å². The van der Waals surface area contributed by atoms with Crippen molar-refractivity contribution >= 4 is 17.8 Å². The second-order valence-electron chi connectivity index (χ2n) is 7.05. The van der Waals surface area contributed by atoms with E-state index in [1.807, 2.05) is 39.0 Å². The topological polar surface area (TPSA) is 97.5 Å². The molecule has 1 amide bonds. The fourth-order valence-electron chi connectivity index (χ4n) is 3.07. The molecule has 2 N–H and O–H groups in total. The number of esters is 2. The molecule has 0 aliphatic rings. The van der Waals surface area contributed by atoms with Crippen LogP contribution in [-0.4, -0.2) is 36.0 Å². The summed E-state index contributed by atoms with van der Waals surface area (Å²) in [6, 6.07) is 5.77. The van der Waals surface area contributed by atoms with Gasteiger partial charge in [0.1, 0.15) is 5.69 Å². The first kappa shape index (κ1) is 22.2. The van der Waals surface area contributed by atoms with Gasteiger partial charge < -0.3 is 19.8 Å². The molecule has 0 unspecified atom stereocenters. The Morgan fingerprint density at radius 2 is 1.72 bits per heavy atom. The summed E-state index contributed by atoms with van der Waals surface area (Å²) in [5, 5.41) is 2.82. The van der Waals surface area contributed by atoms with Gasteiger partial charge in [-0.1, -0.05) is 18.2 Å². The van der Waals surface area contributed by atoms with Gasteiger partial charge in [-0.25, -0.2) is 9.59 Å². The van der Waals surface area contributed by atoms with Gasteiger partial charge in [0.25, 0.3) is 5.91 Å². The molecule has 0 aliphatic carbocycles. The quantitative estimate of drug-likeness (QED) is 0.694. The zero-order chi connectivity index (χ0) is 21.7. The average molecular weight is 400 g/mol. The van der Waals surface area contributed by atoms with Gasteiger partial charge in [-0.15, -0.1) is 0 Å². The molecule has 7 heteroatoms. The number of benzene rings is 1. The molecule has 1 atom stereocenters. The van der Waals surface area contributed by atoms with E-state index in [9.17, 15) is 14.4 Å². The molecule has 0 saturated carbocycles. The van der Waals surface area contributed by atoms with Crippen LogP contribution in [0.5, 0.6) is 0 Å². The van der Waals surface area contributed by atoms with Crippen molar-refractivity contribution in [2.45, 2.75) is 47.6 Å². The highest BCUT2D eigenvalue weighted by Crippen LogP contribution is 2.20. The monoisotopic (exact) mass is 400 g/mol. The predicted octanol–water partition coefficient (Wildman–Crippen LogP) is 3.46. The Morgan fingerprint density at radius 3 is 2.34 bits per heavy atom. The zero-order valence-electron chi connectivity index (χ0n) is 17.8. The smallest absolute Gasteiger partial charge is 0.355 e. The van der Waals surface area contributed by atoms with Crippen LogP contribution in [0.2, 0.25) is 0 Å². The van der Waals surface area contributed by atoms with Crippen LogP contribution in [0.15, 0.2) is 18.2 Å². The van der Waals surface area contributed by atoms with Crippen molar-refractivity contribution in [3.8, 4) is 0 Å². The summed E-state index contributed by atoms with van der Waals surface area (Å²) >= 11 is 0. The van der Waals surface area contributed by atoms with Crippen molar-refractivity contribution in [1.82, 2.24) is 10.3 Å². The lowest BCUT2D eigenvalue weighted by Crippen LogP contribution is -2.31. The standard InChI is InChI=1S/C22H28N2O5/c1-7-28-21(26)19-14(4)20(24-16(19)6)22(27)29-11-18(25)23-15(5)17-9-8-12(2)13(3)10-17/h8-10,15,24H,7,11H2,1-6H3,(H,23,25)/t15-/m0/s1. The zero-order valence-corrected chi connectivity index (χ0v) is 17.8. The van der Waals surface area contributed by atoms with Crippen molar-refractivity contribution in [3.63, 3.8) is 0 Å². The molecule has 7 nitrogen and oxygen atoms in total. The maximum absolute atomic E-state index is 12.4. The van der Waals surface area contributed by atoms with Gasteiger partial charge in [0.2, 0.25) is 0 Å². The van der Waals surface area contributed by atoms with Crippen molar-refractivity contribution in [1.29, 1.82) is 0 Å². The minimum absolute atomic E-state index is 0.139. The minimum atomic E-state index is -0.699. The second-order valence-corrected chi connectivity index (χ2v) is 7.05. The SMILES string of the molecule is CCOC(=O)c1c(C)[nH]c(C(=O)OCC(=O)N[C@@H](C)c2ccc(C)c(C)c2)c1C. The van der Waals surface area contributed by atoms with Gasteiger partial charge in [-0.2, -0.15) is 0 Å². The van der Waals surface area contributed by atoms with Gasteiger partial charge in [-0.3, -0.25) is 4.79 Å². The van der Waals surface area contributed by atoms with E-state index in [2.05, 4.69) is 10.3 Å². The molecule has 0 fully saturated rings. The van der Waals surface area contributed by atoms with E-state index in [-0.39, 0.29) is 18.3 Å². The molecular weight excluding hydrogens is 372 g/mol. The van der Waals surface area contributed by atoms with Gasteiger partial charge in [0.05, 0.1) is 18.2 Å². The Balaban J connectivity index is 1.98. The van der Waals surface area contributed by atoms with Gasteiger partial charge in [-0.05, 0) is 63.8 Å². The number of nitrogens with one attached hydrogen (secondary N) is 2. The Labute approximate surface area is 170 Å². The van der Waals surface area contributed by atoms with Crippen LogP contribution in [0, 0.1) is 27.7 Å². The second kappa shape index (κ2) is 9.41. The van der Waals surface area contributed by atoms with E-state index in [0.717, 1.165) is 11.1 Å². The molecule has 1 aromatic carbocycles. The Kier molecular flexibility index (Phi) is 7.20. The van der Waals surface area contributed by atoms with Gasteiger partial charge in [0.15, 0.2) is 6.61 Å². The number of ether oxygens (including phenoxy) is 2. The van der Waals surface area contributed by atoms with Crippen molar-refractivity contribution in [2.75, 3.05) is 13.2 Å². The van der Waals surface area contributed by atoms with Crippen molar-refractivity contribution < 1.29 is 23.9 Å². The minimum Gasteiger partial charge on any atom is -0.462 e. The number of carbonyl (C=O) groups is 3. The number of hydrogen-bond acceptors (Lipinski definition) is 5. The summed E-state index contributed by atoms with van der Waals surface area (Å²) in [5.74, 6) is -1.61. The molecule has 0 radical (unpaired) electrons. The van der Waals surface area contributed by atoms with Crippen LogP contribution in [0.1, 0.15) is 68.7 Å². The van der Waals surface area contributed by atoms with E-state index in [4.69, 9.17) is 9.47 Å². The first-order valence-corrected chi connectivity index (χ1v) is 9.55. The highest BCUT2D eigenvalue weighted by Gasteiger charge is 2.24. The van der Waals surface area contributed by atoms with Crippen molar-refractivity contribution in [2.24, 2.45) is 0 Å². The summed E-state index contributed by atoms with van der Waals surface area (Å²) in [7, 11) is 0. The molecule has 0 spiro atoms. The Hall–Kier alpha value is -3.09. The predicted molar refractivity (Wildman–Crippen MR) is 109 cm³/mol. The lowest BCUT2D eigenvalue weighted by Gasteiger charge is -2.15. The first-order valence-electron chi connectivity index (χ1n) is 9.55. The summed E-state index contributed by atoms with van der Waals surface area (Å²) in [5.41, 5.74) is 4.70. The highest BCUT2D eigenvalue weighted by atomic mass is 16.5. The normalized spacial score (nSPS) is 11.7. The fourth-order valence-corrected chi connectivity index (χ4v) is 3.07. The molecule has 2 aromatic rings. The van der Waals surface area contributed by atoms with E-state index in [0.29, 0.717) is 16.8 Å². The van der Waals surface area contributed by atoms with Crippen molar-refractivity contribution in [3.05, 3.63) is 57.4 Å². The summed E-state index contributed by atoms with van der Waals surface area (Å²) < 4.78 is 10.1. The summed E-state index contributed by atoms with van der Waals surface area (Å²) in [6.45, 7) is 10.7. The fraction of sp³-hybridized carbons (Fsp3) is 0.409. The molecule has 0 aliphatic heterocycles. The molecule has 29 heavy (non-hydrogen) atoms. The maximum atomic E-state index is 12.4. The number of amides is 1. The third-order valence-electron chi connectivity index (χ3n) is 4.86. The number of hydrogen-bond donors (Lipinski definition) is 2. The van der Waals surface area contributed by atoms with Crippen LogP contribution in [0.25, 0.3) is 0 Å². The number of aryl methyl sites for hydroxylation is 3. The number of carbonyl (C=O) groups excluding carboxylic acids is 3. The van der Waals surface area contributed by atoms with Crippen LogP contribution in [0.3, 0.4) is 0 Å². The highest BCUT2D eigenvalue weighted by molar-refractivity contribution is 5.99. The number of aromatic amines is 1. The largest absolute Gasteiger partial charge is 0.462 e. The van der Waals surface area contributed by atoms with E-state index >= 15 is 0 Å². The molecule has 0 saturated heterocycles. The first-order chi connectivity index (χ1) is 13.6. The molecule has 1 heterocycles.